The Hall–Kier alpha value is -4.24. The molecule has 1 N–H and O–H groups in total. The summed E-state index contributed by atoms with van der Waals surface area (Å²) >= 11 is 0. The maximum absolute atomic E-state index is 3.58. The highest BCUT2D eigenvalue weighted by Crippen LogP contribution is 2.37. The highest BCUT2D eigenvalue weighted by Gasteiger charge is 2.15. The van der Waals surface area contributed by atoms with Gasteiger partial charge in [-0.25, -0.2) is 0 Å². The van der Waals surface area contributed by atoms with Crippen LogP contribution in [-0.2, 0) is 0 Å². The van der Waals surface area contributed by atoms with Crippen molar-refractivity contribution in [2.45, 2.75) is 12.8 Å². The van der Waals surface area contributed by atoms with Gasteiger partial charge in [0.05, 0.1) is 11.0 Å². The fourth-order valence-electron chi connectivity index (χ4n) is 5.54. The van der Waals surface area contributed by atoms with Gasteiger partial charge in [-0.2, -0.15) is 0 Å². The molecule has 170 valence electrons. The summed E-state index contributed by atoms with van der Waals surface area (Å²) in [5.41, 5.74) is 9.84. The summed E-state index contributed by atoms with van der Waals surface area (Å²) in [7, 11) is 4.18. The lowest BCUT2D eigenvalue weighted by Gasteiger charge is -2.12. The zero-order valence-electron chi connectivity index (χ0n) is 20.0. The Morgan fingerprint density at radius 1 is 0.686 bits per heavy atom. The third-order valence-corrected chi connectivity index (χ3v) is 7.34. The Bertz CT molecular complexity index is 1820. The van der Waals surface area contributed by atoms with E-state index in [-0.39, 0.29) is 0 Å². The van der Waals surface area contributed by atoms with E-state index in [1.165, 1.54) is 66.1 Å². The fraction of sp³-hybridized carbons (Fsp3) is 0.125. The van der Waals surface area contributed by atoms with Crippen molar-refractivity contribution in [3.63, 3.8) is 0 Å². The number of fused-ring (bicyclic) bond motifs is 6. The molecule has 7 rings (SSSR count). The lowest BCUT2D eigenvalue weighted by Crippen LogP contribution is -2.07. The van der Waals surface area contributed by atoms with Gasteiger partial charge in [-0.05, 0) is 78.6 Å². The Morgan fingerprint density at radius 2 is 1.40 bits per heavy atom. The standard InChI is InChI=1S/C32H27N3/c1-34(2)24-14-16-30-27(20-24)26-18-21(12-15-29(26)33-30)22-13-17-32-28(19-22)25-10-6-7-11-31(25)35(32)23-8-4-3-5-9-23/h4,6-20,33H,3,5H2,1-2H3. The van der Waals surface area contributed by atoms with Crippen molar-refractivity contribution < 1.29 is 0 Å². The van der Waals surface area contributed by atoms with Gasteiger partial charge < -0.3 is 14.5 Å². The molecule has 0 unspecified atom stereocenters. The molecule has 3 nitrogen and oxygen atoms in total. The predicted molar refractivity (Wildman–Crippen MR) is 151 cm³/mol. The van der Waals surface area contributed by atoms with E-state index < -0.39 is 0 Å². The number of rotatable bonds is 3. The van der Waals surface area contributed by atoms with Gasteiger partial charge in [0.25, 0.3) is 0 Å². The quantitative estimate of drug-likeness (QED) is 0.286. The van der Waals surface area contributed by atoms with Crippen molar-refractivity contribution in [1.82, 2.24) is 9.55 Å². The molecule has 0 saturated heterocycles. The third kappa shape index (κ3) is 3.12. The van der Waals surface area contributed by atoms with E-state index in [9.17, 15) is 0 Å². The van der Waals surface area contributed by atoms with E-state index in [2.05, 4.69) is 126 Å². The van der Waals surface area contributed by atoms with Gasteiger partial charge in [0, 0.05) is 58.1 Å². The first-order valence-electron chi connectivity index (χ1n) is 12.3. The number of aromatic amines is 1. The molecule has 0 fully saturated rings. The van der Waals surface area contributed by atoms with Crippen molar-refractivity contribution in [3.05, 3.63) is 97.1 Å². The van der Waals surface area contributed by atoms with Crippen LogP contribution in [0.4, 0.5) is 5.69 Å². The van der Waals surface area contributed by atoms with Crippen LogP contribution in [0.1, 0.15) is 12.8 Å². The van der Waals surface area contributed by atoms with Crippen LogP contribution in [0.25, 0.3) is 60.4 Å². The molecule has 1 aliphatic rings. The van der Waals surface area contributed by atoms with Gasteiger partial charge in [-0.3, -0.25) is 0 Å². The van der Waals surface area contributed by atoms with Crippen molar-refractivity contribution in [1.29, 1.82) is 0 Å². The van der Waals surface area contributed by atoms with E-state index in [1.807, 2.05) is 0 Å². The topological polar surface area (TPSA) is 24.0 Å². The predicted octanol–water partition coefficient (Wildman–Crippen LogP) is 8.35. The molecule has 6 aromatic rings. The van der Waals surface area contributed by atoms with Crippen LogP contribution in [0.2, 0.25) is 0 Å². The molecule has 1 aliphatic carbocycles. The van der Waals surface area contributed by atoms with E-state index >= 15 is 0 Å². The molecule has 0 radical (unpaired) electrons. The van der Waals surface area contributed by atoms with Gasteiger partial charge in [0.1, 0.15) is 0 Å². The number of H-pyrrole nitrogens is 1. The fourth-order valence-corrected chi connectivity index (χ4v) is 5.54. The van der Waals surface area contributed by atoms with Crippen LogP contribution in [-0.4, -0.2) is 23.6 Å². The van der Waals surface area contributed by atoms with Crippen molar-refractivity contribution >= 4 is 55.0 Å². The van der Waals surface area contributed by atoms with Crippen LogP contribution in [0.3, 0.4) is 0 Å². The number of anilines is 1. The smallest absolute Gasteiger partial charge is 0.0541 e. The molecule has 0 atom stereocenters. The van der Waals surface area contributed by atoms with Crippen LogP contribution in [0, 0.1) is 0 Å². The maximum atomic E-state index is 3.58. The first kappa shape index (κ1) is 20.2. The second kappa shape index (κ2) is 7.64. The number of nitrogens with zero attached hydrogens (tertiary/aromatic N) is 2. The summed E-state index contributed by atoms with van der Waals surface area (Å²) in [5, 5.41) is 5.13. The monoisotopic (exact) mass is 453 g/mol. The van der Waals surface area contributed by atoms with E-state index in [0.29, 0.717) is 0 Å². The largest absolute Gasteiger partial charge is 0.378 e. The normalized spacial score (nSPS) is 13.8. The minimum absolute atomic E-state index is 1.10. The number of benzene rings is 4. The highest BCUT2D eigenvalue weighted by atomic mass is 15.1. The van der Waals surface area contributed by atoms with Crippen molar-refractivity contribution in [2.75, 3.05) is 19.0 Å². The average Bonchev–Trinajstić information content (AvgIpc) is 3.43. The van der Waals surface area contributed by atoms with E-state index in [0.717, 1.165) is 12.8 Å². The second-order valence-corrected chi connectivity index (χ2v) is 9.70. The molecule has 2 aromatic heterocycles. The number of hydrogen-bond acceptors (Lipinski definition) is 1. The van der Waals surface area contributed by atoms with Crippen LogP contribution >= 0.6 is 0 Å². The van der Waals surface area contributed by atoms with Crippen LogP contribution < -0.4 is 4.90 Å². The van der Waals surface area contributed by atoms with Gasteiger partial charge in [0.2, 0.25) is 0 Å². The van der Waals surface area contributed by atoms with Crippen molar-refractivity contribution in [2.24, 2.45) is 0 Å². The average molecular weight is 454 g/mol. The zero-order valence-corrected chi connectivity index (χ0v) is 20.0. The molecule has 0 saturated carbocycles. The molecule has 35 heavy (non-hydrogen) atoms. The molecule has 2 heterocycles. The maximum Gasteiger partial charge on any atom is 0.0541 e. The Morgan fingerprint density at radius 3 is 2.20 bits per heavy atom. The molecule has 0 aliphatic heterocycles. The minimum atomic E-state index is 1.10. The molecule has 3 heteroatoms. The highest BCUT2D eigenvalue weighted by molar-refractivity contribution is 6.13. The van der Waals surface area contributed by atoms with Gasteiger partial charge in [-0.15, -0.1) is 0 Å². The minimum Gasteiger partial charge on any atom is -0.378 e. The van der Waals surface area contributed by atoms with Gasteiger partial charge >= 0.3 is 0 Å². The second-order valence-electron chi connectivity index (χ2n) is 9.70. The molecule has 4 aromatic carbocycles. The number of aromatic nitrogens is 2. The number of allylic oxidation sites excluding steroid dienone is 4. The Balaban J connectivity index is 1.43. The van der Waals surface area contributed by atoms with Gasteiger partial charge in [0.15, 0.2) is 0 Å². The molecule has 0 bridgehead atoms. The van der Waals surface area contributed by atoms with E-state index in [1.54, 1.807) is 0 Å². The lowest BCUT2D eigenvalue weighted by molar-refractivity contribution is 1.02. The van der Waals surface area contributed by atoms with Crippen LogP contribution in [0.15, 0.2) is 97.1 Å². The summed E-state index contributed by atoms with van der Waals surface area (Å²) in [6, 6.07) is 29.1. The summed E-state index contributed by atoms with van der Waals surface area (Å²) in [5.74, 6) is 0. The number of para-hydroxylation sites is 1. The molecule has 0 amide bonds. The van der Waals surface area contributed by atoms with Crippen LogP contribution in [0.5, 0.6) is 0 Å². The first-order valence-corrected chi connectivity index (χ1v) is 12.3. The first-order chi connectivity index (χ1) is 17.2. The lowest BCUT2D eigenvalue weighted by atomic mass is 10.0. The summed E-state index contributed by atoms with van der Waals surface area (Å²) in [4.78, 5) is 5.74. The summed E-state index contributed by atoms with van der Waals surface area (Å²) in [6.07, 6.45) is 9.11. The number of hydrogen-bond donors (Lipinski definition) is 1. The molecule has 0 spiro atoms. The molecular formula is C32H27N3. The zero-order chi connectivity index (χ0) is 23.5. The number of nitrogens with one attached hydrogen (secondary N) is 1. The Kier molecular flexibility index (Phi) is 4.40. The molecular weight excluding hydrogens is 426 g/mol. The van der Waals surface area contributed by atoms with Gasteiger partial charge in [-0.1, -0.05) is 42.5 Å². The van der Waals surface area contributed by atoms with E-state index in [4.69, 9.17) is 0 Å². The van der Waals surface area contributed by atoms with Crippen molar-refractivity contribution in [3.8, 4) is 11.1 Å². The third-order valence-electron chi connectivity index (χ3n) is 7.34. The Labute approximate surface area is 204 Å². The summed E-state index contributed by atoms with van der Waals surface area (Å²) < 4.78 is 2.41. The SMILES string of the molecule is CN(C)c1ccc2[nH]c3ccc(-c4ccc5c(c4)c4ccccc4n5C4=CCCC=C4)cc3c2c1. The summed E-state index contributed by atoms with van der Waals surface area (Å²) in [6.45, 7) is 0.